The number of nitrogens with one attached hydrogen (secondary N) is 1. The summed E-state index contributed by atoms with van der Waals surface area (Å²) in [4.78, 5) is 0. The Morgan fingerprint density at radius 2 is 1.32 bits per heavy atom. The van der Waals surface area contributed by atoms with E-state index in [0.717, 1.165) is 0 Å². The molecule has 0 fully saturated rings. The quantitative estimate of drug-likeness (QED) is 0.264. The van der Waals surface area contributed by atoms with Crippen molar-refractivity contribution in [3.8, 4) is 0 Å². The van der Waals surface area contributed by atoms with Gasteiger partial charge in [-0.2, -0.15) is 0 Å². The summed E-state index contributed by atoms with van der Waals surface area (Å²) < 4.78 is 6.14. The first-order valence-electron chi connectivity index (χ1n) is 11.2. The van der Waals surface area contributed by atoms with E-state index in [1.807, 2.05) is 3.33 Å². The molecule has 1 atom stereocenters. The largest absolute Gasteiger partial charge is 0.147 e. The molecule has 0 radical (unpaired) electrons. The molecule has 0 heterocycles. The summed E-state index contributed by atoms with van der Waals surface area (Å²) in [6, 6.07) is 22.9. The Kier molecular flexibility index (Phi) is 12.9. The first-order chi connectivity index (χ1) is 14.1. The van der Waals surface area contributed by atoms with Crippen LogP contribution in [0, 0.1) is 5.92 Å². The summed E-state index contributed by atoms with van der Waals surface area (Å²) in [5, 5.41) is 3.25. The molecule has 1 nitrogen and oxygen atoms in total. The van der Waals surface area contributed by atoms with Gasteiger partial charge in [0.25, 0.3) is 0 Å². The second-order valence-electron chi connectivity index (χ2n) is 8.37. The maximum Gasteiger partial charge on any atom is -0.147 e. The topological polar surface area (TPSA) is 12.0 Å². The predicted molar refractivity (Wildman–Crippen MR) is 142 cm³/mol. The van der Waals surface area contributed by atoms with Gasteiger partial charge in [0, 0.05) is 0 Å². The van der Waals surface area contributed by atoms with Crippen molar-refractivity contribution in [1.82, 2.24) is 3.30 Å². The van der Waals surface area contributed by atoms with Crippen LogP contribution < -0.4 is 13.7 Å². The van der Waals surface area contributed by atoms with Crippen LogP contribution in [0.2, 0.25) is 0 Å². The number of hydrogen-bond donors (Lipinski definition) is 1. The van der Waals surface area contributed by atoms with E-state index in [4.69, 9.17) is 0 Å². The van der Waals surface area contributed by atoms with Gasteiger partial charge in [0.05, 0.1) is 0 Å². The van der Waals surface area contributed by atoms with Crippen molar-refractivity contribution < 1.29 is 20.9 Å². The summed E-state index contributed by atoms with van der Waals surface area (Å²) in [5.74, 6) is -0.661. The average molecular weight is 642 g/mol. The number of benzene rings is 2. The van der Waals surface area contributed by atoms with E-state index in [1.54, 1.807) is 27.1 Å². The summed E-state index contributed by atoms with van der Waals surface area (Å²) >= 11 is -2.33. The first kappa shape index (κ1) is 28.6. The van der Waals surface area contributed by atoms with Crippen LogP contribution in [0.25, 0.3) is 0 Å². The van der Waals surface area contributed by atoms with Crippen LogP contribution in [-0.2, 0) is 20.9 Å². The van der Waals surface area contributed by atoms with Gasteiger partial charge in [-0.3, -0.25) is 0 Å². The van der Waals surface area contributed by atoms with E-state index in [9.17, 15) is 0 Å². The predicted octanol–water partition coefficient (Wildman–Crippen LogP) is 5.94. The van der Waals surface area contributed by atoms with E-state index in [2.05, 4.69) is 98.6 Å². The molecule has 0 amide bonds. The van der Waals surface area contributed by atoms with Gasteiger partial charge in [-0.25, -0.2) is 0 Å². The Balaban J connectivity index is 0.00000240. The fraction of sp³-hybridized carbons (Fsp3) is 0.385. The average Bonchev–Trinajstić information content (AvgIpc) is 2.94. The zero-order chi connectivity index (χ0) is 20.8. The maximum absolute atomic E-state index is 4.29. The van der Waals surface area contributed by atoms with Crippen molar-refractivity contribution >= 4 is 41.2 Å². The molecule has 1 aliphatic carbocycles. The van der Waals surface area contributed by atoms with Crippen LogP contribution in [0.3, 0.4) is 0 Å². The molecule has 0 saturated heterocycles. The van der Waals surface area contributed by atoms with Gasteiger partial charge in [0.15, 0.2) is 0 Å². The van der Waals surface area contributed by atoms with Crippen LogP contribution in [-0.4, -0.2) is 12.5 Å². The fourth-order valence-corrected chi connectivity index (χ4v) is 36.1. The number of halogens is 2. The van der Waals surface area contributed by atoms with Crippen LogP contribution in [0.5, 0.6) is 0 Å². The summed E-state index contributed by atoms with van der Waals surface area (Å²) in [5.41, 5.74) is 4.77. The van der Waals surface area contributed by atoms with Crippen molar-refractivity contribution in [3.63, 3.8) is 0 Å². The number of unbranched alkanes of at least 4 members (excludes halogenated alkanes) is 2. The van der Waals surface area contributed by atoms with Gasteiger partial charge in [-0.15, -0.1) is 24.8 Å². The Hall–Kier alpha value is -0.453. The van der Waals surface area contributed by atoms with Gasteiger partial charge in [-0.1, -0.05) is 0 Å². The SMILES string of the molecule is CCCCC[NH][Hf]([C]1=C(C)C(C)=C(C)C1C)[SiH](c1ccccc1)c1ccccc1.Cl.Cl. The molecule has 0 aliphatic heterocycles. The Morgan fingerprint density at radius 1 is 0.806 bits per heavy atom. The van der Waals surface area contributed by atoms with Crippen molar-refractivity contribution in [2.45, 2.75) is 53.9 Å². The van der Waals surface area contributed by atoms with E-state index in [0.29, 0.717) is 5.92 Å². The van der Waals surface area contributed by atoms with Gasteiger partial charge in [-0.05, 0) is 0 Å². The van der Waals surface area contributed by atoms with Gasteiger partial charge < -0.3 is 0 Å². The van der Waals surface area contributed by atoms with Crippen molar-refractivity contribution in [2.75, 3.05) is 6.54 Å². The zero-order valence-electron chi connectivity index (χ0n) is 19.6. The maximum atomic E-state index is 4.29. The van der Waals surface area contributed by atoms with E-state index in [-0.39, 0.29) is 24.8 Å². The van der Waals surface area contributed by atoms with Crippen molar-refractivity contribution in [2.24, 2.45) is 5.92 Å². The van der Waals surface area contributed by atoms with Crippen LogP contribution in [0.1, 0.15) is 53.9 Å². The van der Waals surface area contributed by atoms with Gasteiger partial charge in [0.1, 0.15) is 0 Å². The van der Waals surface area contributed by atoms with Gasteiger partial charge >= 0.3 is 188 Å². The van der Waals surface area contributed by atoms with Crippen LogP contribution in [0.15, 0.2) is 80.7 Å². The number of allylic oxidation sites excluding steroid dienone is 4. The van der Waals surface area contributed by atoms with Crippen molar-refractivity contribution in [1.29, 1.82) is 0 Å². The Morgan fingerprint density at radius 3 is 1.74 bits per heavy atom. The second kappa shape index (κ2) is 13.9. The molecule has 31 heavy (non-hydrogen) atoms. The minimum Gasteiger partial charge on any atom is -0.147 e. The van der Waals surface area contributed by atoms with E-state index >= 15 is 0 Å². The number of hydrogen-bond acceptors (Lipinski definition) is 1. The molecular weight excluding hydrogens is 604 g/mol. The minimum atomic E-state index is -2.33. The molecule has 1 N–H and O–H groups in total. The Bertz CT molecular complexity index is 828. The summed E-state index contributed by atoms with van der Waals surface area (Å²) in [6.07, 6.45) is 3.93. The Labute approximate surface area is 211 Å². The summed E-state index contributed by atoms with van der Waals surface area (Å²) in [6.45, 7) is 13.1. The molecule has 2 aromatic rings. The molecule has 0 bridgehead atoms. The molecule has 2 aromatic carbocycles. The molecule has 0 spiro atoms. The monoisotopic (exact) mass is 642 g/mol. The third-order valence-electron chi connectivity index (χ3n) is 6.58. The van der Waals surface area contributed by atoms with Gasteiger partial charge in [0.2, 0.25) is 0 Å². The molecule has 169 valence electrons. The zero-order valence-corrected chi connectivity index (χ0v) is 26.0. The molecular formula is C26H38Cl2HfNSi. The van der Waals surface area contributed by atoms with Crippen LogP contribution >= 0.6 is 24.8 Å². The molecule has 1 unspecified atom stereocenters. The minimum absolute atomic E-state index is 0. The number of rotatable bonds is 9. The first-order valence-corrected chi connectivity index (χ1v) is 22.7. The standard InChI is InChI=1S/C12H11Si.C9H13.C5H12N.2ClH.Hf/c1-3-7-11(8-4-1)13-12-9-5-2-6-10-12;1-6-5-7(2)9(4)8(6)3;1-2-3-4-5-6;;;/h1-10,13H;6H,1-4H3;6H,2-5H2,1H3;2*1H;/q;;-1;;;+1. The molecule has 0 saturated carbocycles. The molecule has 5 heteroatoms. The molecule has 3 rings (SSSR count). The summed E-state index contributed by atoms with van der Waals surface area (Å²) in [7, 11) is 0. The van der Waals surface area contributed by atoms with E-state index < -0.39 is 26.9 Å². The smallest absolute Gasteiger partial charge is 0.147 e. The van der Waals surface area contributed by atoms with E-state index in [1.165, 1.54) is 25.8 Å². The fourth-order valence-electron chi connectivity index (χ4n) is 4.57. The normalized spacial score (nSPS) is 15.7. The molecule has 1 aliphatic rings. The van der Waals surface area contributed by atoms with Crippen molar-refractivity contribution in [3.05, 3.63) is 80.7 Å². The molecule has 0 aromatic heterocycles. The third kappa shape index (κ3) is 6.77. The second-order valence-corrected chi connectivity index (χ2v) is 27.7. The van der Waals surface area contributed by atoms with Crippen LogP contribution in [0.4, 0.5) is 0 Å². The third-order valence-corrected chi connectivity index (χ3v) is 34.1.